The van der Waals surface area contributed by atoms with Crippen molar-refractivity contribution in [1.29, 1.82) is 0 Å². The minimum atomic E-state index is -0.661. The Labute approximate surface area is 172 Å². The van der Waals surface area contributed by atoms with Crippen molar-refractivity contribution in [3.05, 3.63) is 76.3 Å². The van der Waals surface area contributed by atoms with E-state index >= 15 is 0 Å². The van der Waals surface area contributed by atoms with Crippen molar-refractivity contribution in [2.75, 3.05) is 0 Å². The summed E-state index contributed by atoms with van der Waals surface area (Å²) >= 11 is 1.56. The van der Waals surface area contributed by atoms with Gasteiger partial charge in [-0.15, -0.1) is 21.5 Å². The first-order valence-corrected chi connectivity index (χ1v) is 10.1. The summed E-state index contributed by atoms with van der Waals surface area (Å²) in [6.45, 7) is 7.68. The normalized spacial score (nSPS) is 12.1. The molecule has 4 aromatic rings. The molecule has 3 heterocycles. The Morgan fingerprint density at radius 3 is 2.48 bits per heavy atom. The second-order valence-corrected chi connectivity index (χ2v) is 8.12. The number of benzene rings is 1. The van der Waals surface area contributed by atoms with Crippen LogP contribution in [0.4, 0.5) is 0 Å². The van der Waals surface area contributed by atoms with E-state index < -0.39 is 12.1 Å². The zero-order chi connectivity index (χ0) is 20.5. The third kappa shape index (κ3) is 3.73. The molecular formula is C22H21N3O3S. The maximum absolute atomic E-state index is 13.0. The summed E-state index contributed by atoms with van der Waals surface area (Å²) < 4.78 is 13.4. The average Bonchev–Trinajstić information content (AvgIpc) is 3.43. The monoisotopic (exact) mass is 407 g/mol. The number of hydrogen-bond donors (Lipinski definition) is 0. The summed E-state index contributed by atoms with van der Waals surface area (Å²) in [5, 5.41) is 8.99. The van der Waals surface area contributed by atoms with E-state index in [0.717, 1.165) is 26.6 Å². The molecule has 29 heavy (non-hydrogen) atoms. The number of carbonyl (C=O) groups excluding carboxylic acids is 1. The Bertz CT molecular complexity index is 1140. The van der Waals surface area contributed by atoms with Gasteiger partial charge in [0.15, 0.2) is 6.10 Å². The van der Waals surface area contributed by atoms with E-state index in [0.29, 0.717) is 11.5 Å². The lowest BCUT2D eigenvalue weighted by Gasteiger charge is -2.11. The van der Waals surface area contributed by atoms with Gasteiger partial charge in [0.2, 0.25) is 5.89 Å². The SMILES string of the molecule is Cc1ccc(-c2nnc(C(C)OC(=O)c3c(-n4cccc4)sc(C)c3C)o2)cc1. The molecule has 0 aliphatic carbocycles. The van der Waals surface area contributed by atoms with E-state index in [1.165, 1.54) is 0 Å². The molecule has 7 heteroatoms. The second-order valence-electron chi connectivity index (χ2n) is 6.91. The zero-order valence-corrected chi connectivity index (χ0v) is 17.5. The van der Waals surface area contributed by atoms with Crippen molar-refractivity contribution in [1.82, 2.24) is 14.8 Å². The molecule has 148 valence electrons. The van der Waals surface area contributed by atoms with Gasteiger partial charge in [0.05, 0.1) is 5.56 Å². The van der Waals surface area contributed by atoms with Gasteiger partial charge in [-0.25, -0.2) is 4.79 Å². The van der Waals surface area contributed by atoms with Gasteiger partial charge in [-0.1, -0.05) is 17.7 Å². The van der Waals surface area contributed by atoms with Crippen LogP contribution in [0.25, 0.3) is 16.5 Å². The molecule has 0 N–H and O–H groups in total. The predicted molar refractivity (Wildman–Crippen MR) is 111 cm³/mol. The van der Waals surface area contributed by atoms with Crippen LogP contribution in [0.2, 0.25) is 0 Å². The Kier molecular flexibility index (Phi) is 5.07. The van der Waals surface area contributed by atoms with E-state index in [9.17, 15) is 4.79 Å². The van der Waals surface area contributed by atoms with Gasteiger partial charge >= 0.3 is 5.97 Å². The third-order valence-electron chi connectivity index (χ3n) is 4.78. The standard InChI is InChI=1S/C22H21N3O3S/c1-13-7-9-17(10-8-13)20-24-23-19(28-20)15(3)27-22(26)18-14(2)16(4)29-21(18)25-11-5-6-12-25/h5-12,15H,1-4H3. The molecule has 0 amide bonds. The minimum absolute atomic E-state index is 0.265. The molecule has 1 aromatic carbocycles. The summed E-state index contributed by atoms with van der Waals surface area (Å²) in [5.41, 5.74) is 3.46. The highest BCUT2D eigenvalue weighted by Crippen LogP contribution is 2.33. The summed E-state index contributed by atoms with van der Waals surface area (Å²) in [6, 6.07) is 11.6. The number of thiophene rings is 1. The van der Waals surface area contributed by atoms with Crippen molar-refractivity contribution in [2.45, 2.75) is 33.8 Å². The Balaban J connectivity index is 1.56. The third-order valence-corrected chi connectivity index (χ3v) is 6.00. The molecular weight excluding hydrogens is 386 g/mol. The van der Waals surface area contributed by atoms with E-state index in [2.05, 4.69) is 10.2 Å². The smallest absolute Gasteiger partial charge is 0.342 e. The quantitative estimate of drug-likeness (QED) is 0.413. The first-order chi connectivity index (χ1) is 13.9. The van der Waals surface area contributed by atoms with Gasteiger partial charge in [-0.05, 0) is 57.5 Å². The largest absolute Gasteiger partial charge is 0.449 e. The highest BCUT2D eigenvalue weighted by atomic mass is 32.1. The number of carbonyl (C=O) groups is 1. The van der Waals surface area contributed by atoms with Gasteiger partial charge in [0.25, 0.3) is 5.89 Å². The molecule has 0 saturated heterocycles. The van der Waals surface area contributed by atoms with Crippen LogP contribution in [-0.4, -0.2) is 20.7 Å². The fourth-order valence-corrected chi connectivity index (χ4v) is 4.09. The van der Waals surface area contributed by atoms with Gasteiger partial charge in [0, 0.05) is 22.8 Å². The fourth-order valence-electron chi connectivity index (χ4n) is 2.98. The van der Waals surface area contributed by atoms with Crippen LogP contribution < -0.4 is 0 Å². The van der Waals surface area contributed by atoms with E-state index in [1.807, 2.05) is 74.1 Å². The topological polar surface area (TPSA) is 70.2 Å². The Hall–Kier alpha value is -3.19. The van der Waals surface area contributed by atoms with E-state index in [1.54, 1.807) is 18.3 Å². The van der Waals surface area contributed by atoms with Gasteiger partial charge in [0.1, 0.15) is 5.00 Å². The van der Waals surface area contributed by atoms with Crippen molar-refractivity contribution in [3.63, 3.8) is 0 Å². The molecule has 0 spiro atoms. The number of hydrogen-bond acceptors (Lipinski definition) is 6. The van der Waals surface area contributed by atoms with Crippen LogP contribution >= 0.6 is 11.3 Å². The Morgan fingerprint density at radius 1 is 1.10 bits per heavy atom. The first-order valence-electron chi connectivity index (χ1n) is 9.29. The molecule has 0 bridgehead atoms. The lowest BCUT2D eigenvalue weighted by Crippen LogP contribution is -2.12. The Morgan fingerprint density at radius 2 is 1.79 bits per heavy atom. The van der Waals surface area contributed by atoms with Crippen LogP contribution in [0, 0.1) is 20.8 Å². The van der Waals surface area contributed by atoms with Crippen molar-refractivity contribution in [2.24, 2.45) is 0 Å². The molecule has 0 radical (unpaired) electrons. The van der Waals surface area contributed by atoms with Crippen molar-refractivity contribution < 1.29 is 13.9 Å². The van der Waals surface area contributed by atoms with Crippen LogP contribution in [0.1, 0.15) is 45.3 Å². The zero-order valence-electron chi connectivity index (χ0n) is 16.7. The second kappa shape index (κ2) is 7.67. The maximum Gasteiger partial charge on any atom is 0.342 e. The molecule has 4 rings (SSSR count). The fraction of sp³-hybridized carbons (Fsp3) is 0.227. The lowest BCUT2D eigenvalue weighted by atomic mass is 10.1. The van der Waals surface area contributed by atoms with E-state index in [4.69, 9.17) is 9.15 Å². The minimum Gasteiger partial charge on any atom is -0.449 e. The molecule has 3 aromatic heterocycles. The summed E-state index contributed by atoms with van der Waals surface area (Å²) in [7, 11) is 0. The summed E-state index contributed by atoms with van der Waals surface area (Å²) in [4.78, 5) is 14.1. The number of ether oxygens (including phenoxy) is 1. The lowest BCUT2D eigenvalue weighted by molar-refractivity contribution is 0.0279. The molecule has 1 atom stereocenters. The highest BCUT2D eigenvalue weighted by Gasteiger charge is 2.26. The van der Waals surface area contributed by atoms with Crippen LogP contribution in [0.15, 0.2) is 53.2 Å². The van der Waals surface area contributed by atoms with Crippen molar-refractivity contribution >= 4 is 17.3 Å². The number of aryl methyl sites for hydroxylation is 2. The number of nitrogens with zero attached hydrogens (tertiary/aromatic N) is 3. The molecule has 0 saturated carbocycles. The van der Waals surface area contributed by atoms with E-state index in [-0.39, 0.29) is 5.89 Å². The predicted octanol–water partition coefficient (Wildman–Crippen LogP) is 5.43. The van der Waals surface area contributed by atoms with Gasteiger partial charge in [-0.2, -0.15) is 0 Å². The number of esters is 1. The average molecular weight is 407 g/mol. The van der Waals surface area contributed by atoms with Gasteiger partial charge < -0.3 is 13.7 Å². The van der Waals surface area contributed by atoms with Crippen LogP contribution in [0.3, 0.4) is 0 Å². The number of rotatable bonds is 5. The molecule has 0 fully saturated rings. The number of aromatic nitrogens is 3. The molecule has 6 nitrogen and oxygen atoms in total. The highest BCUT2D eigenvalue weighted by molar-refractivity contribution is 7.15. The molecule has 1 unspecified atom stereocenters. The first kappa shape index (κ1) is 19.1. The summed E-state index contributed by atoms with van der Waals surface area (Å²) in [5.74, 6) is 0.262. The summed E-state index contributed by atoms with van der Waals surface area (Å²) in [6.07, 6.45) is 3.17. The van der Waals surface area contributed by atoms with Crippen LogP contribution in [-0.2, 0) is 4.74 Å². The van der Waals surface area contributed by atoms with Crippen LogP contribution in [0.5, 0.6) is 0 Å². The van der Waals surface area contributed by atoms with Crippen molar-refractivity contribution in [3.8, 4) is 16.5 Å². The van der Waals surface area contributed by atoms with Gasteiger partial charge in [-0.3, -0.25) is 0 Å². The molecule has 0 aliphatic heterocycles. The molecule has 0 aliphatic rings. The maximum atomic E-state index is 13.0.